The van der Waals surface area contributed by atoms with Gasteiger partial charge in [-0.25, -0.2) is 0 Å². The summed E-state index contributed by atoms with van der Waals surface area (Å²) in [4.78, 5) is 5.85. The molecule has 1 aliphatic heterocycles. The van der Waals surface area contributed by atoms with Crippen LogP contribution < -0.4 is 0 Å². The van der Waals surface area contributed by atoms with E-state index >= 15 is 0 Å². The molecule has 114 valence electrons. The van der Waals surface area contributed by atoms with Gasteiger partial charge in [-0.3, -0.25) is 0 Å². The standard InChI is InChI=1S/C19H23N3/c20-11-16-12-21-19-7-6-14(10-18(16)19)17-5-3-4-15(17)13-22-8-1-2-9-22/h6-7,10,12,15,17,21H,1-5,8-9,13H2. The number of hydrogen-bond acceptors (Lipinski definition) is 2. The van der Waals surface area contributed by atoms with Gasteiger partial charge in [0.25, 0.3) is 0 Å². The van der Waals surface area contributed by atoms with Gasteiger partial charge < -0.3 is 9.88 Å². The minimum absolute atomic E-state index is 0.673. The average molecular weight is 293 g/mol. The molecule has 1 saturated heterocycles. The van der Waals surface area contributed by atoms with Crippen LogP contribution in [0.5, 0.6) is 0 Å². The summed E-state index contributed by atoms with van der Waals surface area (Å²) >= 11 is 0. The van der Waals surface area contributed by atoms with Crippen LogP contribution in [-0.2, 0) is 0 Å². The lowest BCUT2D eigenvalue weighted by Gasteiger charge is -2.25. The zero-order chi connectivity index (χ0) is 14.9. The molecule has 22 heavy (non-hydrogen) atoms. The van der Waals surface area contributed by atoms with Crippen LogP contribution in [-0.4, -0.2) is 29.5 Å². The third-order valence-electron chi connectivity index (χ3n) is 5.60. The molecule has 0 spiro atoms. The molecule has 1 aromatic heterocycles. The van der Waals surface area contributed by atoms with Crippen molar-refractivity contribution in [3.8, 4) is 6.07 Å². The number of fused-ring (bicyclic) bond motifs is 1. The second-order valence-corrected chi connectivity index (χ2v) is 6.92. The monoisotopic (exact) mass is 293 g/mol. The fourth-order valence-corrected chi connectivity index (χ4v) is 4.45. The van der Waals surface area contributed by atoms with Crippen LogP contribution in [0.4, 0.5) is 0 Å². The Kier molecular flexibility index (Phi) is 3.63. The molecule has 2 unspecified atom stereocenters. The second-order valence-electron chi connectivity index (χ2n) is 6.92. The molecular formula is C19H23N3. The van der Waals surface area contributed by atoms with Crippen LogP contribution in [0.25, 0.3) is 10.9 Å². The van der Waals surface area contributed by atoms with Gasteiger partial charge in [0.15, 0.2) is 0 Å². The predicted octanol–water partition coefficient (Wildman–Crippen LogP) is 4.02. The Labute approximate surface area is 131 Å². The Hall–Kier alpha value is -1.79. The van der Waals surface area contributed by atoms with E-state index in [-0.39, 0.29) is 0 Å². The summed E-state index contributed by atoms with van der Waals surface area (Å²) in [5.41, 5.74) is 3.28. The van der Waals surface area contributed by atoms with Crippen LogP contribution in [0.2, 0.25) is 0 Å². The van der Waals surface area contributed by atoms with Gasteiger partial charge in [0.1, 0.15) is 6.07 Å². The number of nitrogens with zero attached hydrogens (tertiary/aromatic N) is 2. The van der Waals surface area contributed by atoms with Crippen molar-refractivity contribution in [2.45, 2.75) is 38.0 Å². The first-order valence-corrected chi connectivity index (χ1v) is 8.58. The first-order chi connectivity index (χ1) is 10.8. The number of nitriles is 1. The highest BCUT2D eigenvalue weighted by molar-refractivity contribution is 5.86. The van der Waals surface area contributed by atoms with E-state index in [9.17, 15) is 5.26 Å². The summed E-state index contributed by atoms with van der Waals surface area (Å²) in [5.74, 6) is 1.46. The average Bonchev–Trinajstić information content (AvgIpc) is 3.27. The number of H-pyrrole nitrogens is 1. The van der Waals surface area contributed by atoms with E-state index in [2.05, 4.69) is 34.2 Å². The number of aromatic amines is 1. The molecule has 1 aromatic carbocycles. The molecule has 2 heterocycles. The van der Waals surface area contributed by atoms with Crippen LogP contribution in [0.1, 0.15) is 49.1 Å². The predicted molar refractivity (Wildman–Crippen MR) is 88.8 cm³/mol. The van der Waals surface area contributed by atoms with Gasteiger partial charge in [-0.1, -0.05) is 12.5 Å². The molecule has 2 fully saturated rings. The topological polar surface area (TPSA) is 42.8 Å². The Morgan fingerprint density at radius 2 is 2.05 bits per heavy atom. The van der Waals surface area contributed by atoms with Crippen molar-refractivity contribution in [3.63, 3.8) is 0 Å². The number of aromatic nitrogens is 1. The maximum atomic E-state index is 9.25. The fourth-order valence-electron chi connectivity index (χ4n) is 4.45. The second kappa shape index (κ2) is 5.78. The number of benzene rings is 1. The molecule has 2 aromatic rings. The van der Waals surface area contributed by atoms with E-state index < -0.39 is 0 Å². The van der Waals surface area contributed by atoms with E-state index in [0.29, 0.717) is 5.92 Å². The van der Waals surface area contributed by atoms with E-state index in [4.69, 9.17) is 0 Å². The first-order valence-electron chi connectivity index (χ1n) is 8.58. The van der Waals surface area contributed by atoms with Crippen LogP contribution in [0.15, 0.2) is 24.4 Å². The first kappa shape index (κ1) is 13.8. The number of rotatable bonds is 3. The van der Waals surface area contributed by atoms with Crippen LogP contribution in [0, 0.1) is 17.2 Å². The van der Waals surface area contributed by atoms with Gasteiger partial charge in [0, 0.05) is 23.6 Å². The molecule has 0 radical (unpaired) electrons. The van der Waals surface area contributed by atoms with E-state index in [1.165, 1.54) is 57.3 Å². The maximum Gasteiger partial charge on any atom is 0.101 e. The number of likely N-dealkylation sites (tertiary alicyclic amines) is 1. The Morgan fingerprint density at radius 1 is 1.18 bits per heavy atom. The summed E-state index contributed by atoms with van der Waals surface area (Å²) < 4.78 is 0. The summed E-state index contributed by atoms with van der Waals surface area (Å²) in [7, 11) is 0. The van der Waals surface area contributed by atoms with E-state index in [1.54, 1.807) is 0 Å². The van der Waals surface area contributed by atoms with Crippen molar-refractivity contribution < 1.29 is 0 Å². The number of nitrogens with one attached hydrogen (secondary N) is 1. The van der Waals surface area contributed by atoms with Crippen molar-refractivity contribution >= 4 is 10.9 Å². The Bertz CT molecular complexity index is 703. The zero-order valence-corrected chi connectivity index (χ0v) is 13.0. The minimum atomic E-state index is 0.673. The lowest BCUT2D eigenvalue weighted by Crippen LogP contribution is -2.27. The molecule has 1 N–H and O–H groups in total. The number of hydrogen-bond donors (Lipinski definition) is 1. The molecule has 2 aliphatic rings. The Balaban J connectivity index is 1.60. The van der Waals surface area contributed by atoms with E-state index in [0.717, 1.165) is 22.4 Å². The molecule has 3 heteroatoms. The molecular weight excluding hydrogens is 270 g/mol. The van der Waals surface area contributed by atoms with E-state index in [1.807, 2.05) is 6.20 Å². The van der Waals surface area contributed by atoms with Crippen molar-refractivity contribution in [3.05, 3.63) is 35.5 Å². The van der Waals surface area contributed by atoms with Crippen molar-refractivity contribution in [2.24, 2.45) is 5.92 Å². The van der Waals surface area contributed by atoms with Crippen LogP contribution >= 0.6 is 0 Å². The summed E-state index contributed by atoms with van der Waals surface area (Å²) in [6.07, 6.45) is 8.58. The molecule has 2 atom stereocenters. The van der Waals surface area contributed by atoms with Crippen LogP contribution in [0.3, 0.4) is 0 Å². The van der Waals surface area contributed by atoms with Crippen molar-refractivity contribution in [2.75, 3.05) is 19.6 Å². The molecule has 0 amide bonds. The SMILES string of the molecule is N#Cc1c[nH]c2ccc(C3CCCC3CN3CCCC3)cc12. The summed E-state index contributed by atoms with van der Waals surface area (Å²) in [5, 5.41) is 10.3. The van der Waals surface area contributed by atoms with Gasteiger partial charge in [-0.2, -0.15) is 5.26 Å². The third-order valence-corrected chi connectivity index (χ3v) is 5.60. The quantitative estimate of drug-likeness (QED) is 0.928. The molecule has 1 aliphatic carbocycles. The normalized spacial score (nSPS) is 25.8. The third kappa shape index (κ3) is 2.42. The highest BCUT2D eigenvalue weighted by Gasteiger charge is 2.30. The zero-order valence-electron chi connectivity index (χ0n) is 13.0. The highest BCUT2D eigenvalue weighted by Crippen LogP contribution is 2.41. The summed E-state index contributed by atoms with van der Waals surface area (Å²) in [6.45, 7) is 3.85. The fraction of sp³-hybridized carbons (Fsp3) is 0.526. The molecule has 1 saturated carbocycles. The van der Waals surface area contributed by atoms with Crippen molar-refractivity contribution in [1.82, 2.24) is 9.88 Å². The summed E-state index contributed by atoms with van der Waals surface area (Å²) in [6, 6.07) is 8.98. The van der Waals surface area contributed by atoms with Gasteiger partial charge >= 0.3 is 0 Å². The lowest BCUT2D eigenvalue weighted by molar-refractivity contribution is 0.267. The molecule has 0 bridgehead atoms. The van der Waals surface area contributed by atoms with Gasteiger partial charge in [-0.05, 0) is 68.3 Å². The minimum Gasteiger partial charge on any atom is -0.360 e. The molecule has 3 nitrogen and oxygen atoms in total. The highest BCUT2D eigenvalue weighted by atomic mass is 15.1. The maximum absolute atomic E-state index is 9.25. The smallest absolute Gasteiger partial charge is 0.101 e. The van der Waals surface area contributed by atoms with Gasteiger partial charge in [0.2, 0.25) is 0 Å². The lowest BCUT2D eigenvalue weighted by atomic mass is 9.87. The van der Waals surface area contributed by atoms with Gasteiger partial charge in [-0.15, -0.1) is 0 Å². The van der Waals surface area contributed by atoms with Gasteiger partial charge in [0.05, 0.1) is 5.56 Å². The molecule has 4 rings (SSSR count). The largest absolute Gasteiger partial charge is 0.360 e. The van der Waals surface area contributed by atoms with Crippen molar-refractivity contribution in [1.29, 1.82) is 5.26 Å². The Morgan fingerprint density at radius 3 is 2.86 bits per heavy atom.